The third-order valence-corrected chi connectivity index (χ3v) is 7.98. The van der Waals surface area contributed by atoms with Crippen molar-refractivity contribution in [1.82, 2.24) is 4.90 Å². The van der Waals surface area contributed by atoms with E-state index in [0.717, 1.165) is 30.6 Å². The number of hydrogen-bond donors (Lipinski definition) is 1. The monoisotopic (exact) mass is 399 g/mol. The van der Waals surface area contributed by atoms with Crippen molar-refractivity contribution in [3.05, 3.63) is 34.5 Å². The highest BCUT2D eigenvalue weighted by atomic mass is 32.2. The average Bonchev–Trinajstić information content (AvgIpc) is 2.94. The van der Waals surface area contributed by atoms with Crippen LogP contribution < -0.4 is 0 Å². The fourth-order valence-corrected chi connectivity index (χ4v) is 6.51. The third-order valence-electron chi connectivity index (χ3n) is 5.15. The van der Waals surface area contributed by atoms with Gasteiger partial charge in [-0.15, -0.1) is 11.3 Å². The Morgan fingerprint density at radius 2 is 2.04 bits per heavy atom. The van der Waals surface area contributed by atoms with Gasteiger partial charge in [0.1, 0.15) is 10.7 Å². The lowest BCUT2D eigenvalue weighted by atomic mass is 9.93. The van der Waals surface area contributed by atoms with Gasteiger partial charge in [0.05, 0.1) is 5.25 Å². The van der Waals surface area contributed by atoms with E-state index in [9.17, 15) is 22.7 Å². The van der Waals surface area contributed by atoms with Crippen LogP contribution in [0.4, 0.5) is 4.39 Å². The number of carbonyl (C=O) groups is 1. The van der Waals surface area contributed by atoms with E-state index in [4.69, 9.17) is 0 Å². The van der Waals surface area contributed by atoms with Crippen molar-refractivity contribution >= 4 is 37.2 Å². The maximum absolute atomic E-state index is 14.4. The third kappa shape index (κ3) is 3.63. The normalized spacial score (nSPS) is 21.4. The summed E-state index contributed by atoms with van der Waals surface area (Å²) >= 11 is 1.06. The fourth-order valence-electron chi connectivity index (χ4n) is 3.94. The lowest BCUT2D eigenvalue weighted by Gasteiger charge is -2.37. The Hall–Kier alpha value is -1.51. The summed E-state index contributed by atoms with van der Waals surface area (Å²) in [4.78, 5) is 13.7. The highest BCUT2D eigenvalue weighted by Gasteiger charge is 2.36. The zero-order valence-corrected chi connectivity index (χ0v) is 16.4. The minimum absolute atomic E-state index is 0.115. The van der Waals surface area contributed by atoms with E-state index in [1.54, 1.807) is 19.2 Å². The van der Waals surface area contributed by atoms with Gasteiger partial charge in [-0.3, -0.25) is 4.90 Å². The Morgan fingerprint density at radius 3 is 2.69 bits per heavy atom. The molecule has 0 radical (unpaired) electrons. The van der Waals surface area contributed by atoms with E-state index in [1.165, 1.54) is 12.3 Å². The Balaban J connectivity index is 2.00. The van der Waals surface area contributed by atoms with E-state index in [2.05, 4.69) is 0 Å². The van der Waals surface area contributed by atoms with Crippen molar-refractivity contribution in [2.75, 3.05) is 13.3 Å². The van der Waals surface area contributed by atoms with Crippen molar-refractivity contribution < 1.29 is 22.7 Å². The summed E-state index contributed by atoms with van der Waals surface area (Å²) in [6.07, 6.45) is 4.41. The first-order valence-electron chi connectivity index (χ1n) is 8.52. The first-order valence-corrected chi connectivity index (χ1v) is 11.3. The summed E-state index contributed by atoms with van der Waals surface area (Å²) in [5.41, 5.74) is 0.427. The van der Waals surface area contributed by atoms with Crippen molar-refractivity contribution in [1.29, 1.82) is 0 Å². The SMILES string of the molecule is CN(Cc1c(C(=O)O)sc2cccc(F)c12)C1CCCCC1S(C)(=O)=O. The molecule has 3 rings (SSSR count). The number of sulfone groups is 1. The van der Waals surface area contributed by atoms with E-state index >= 15 is 0 Å². The molecule has 8 heteroatoms. The molecule has 1 saturated carbocycles. The zero-order chi connectivity index (χ0) is 19.1. The number of carboxylic acid groups (broad SMARTS) is 1. The molecule has 142 valence electrons. The number of rotatable bonds is 5. The summed E-state index contributed by atoms with van der Waals surface area (Å²) in [6, 6.07) is 4.40. The average molecular weight is 400 g/mol. The molecular weight excluding hydrogens is 377 g/mol. The molecule has 0 spiro atoms. The number of benzene rings is 1. The van der Waals surface area contributed by atoms with Gasteiger partial charge in [-0.05, 0) is 32.0 Å². The molecule has 1 N–H and O–H groups in total. The van der Waals surface area contributed by atoms with E-state index in [1.807, 2.05) is 4.90 Å². The summed E-state index contributed by atoms with van der Waals surface area (Å²) in [5, 5.41) is 9.39. The summed E-state index contributed by atoms with van der Waals surface area (Å²) < 4.78 is 39.3. The molecule has 1 aliphatic rings. The second-order valence-electron chi connectivity index (χ2n) is 6.96. The topological polar surface area (TPSA) is 74.7 Å². The van der Waals surface area contributed by atoms with Gasteiger partial charge in [0.15, 0.2) is 9.84 Å². The zero-order valence-electron chi connectivity index (χ0n) is 14.7. The molecular formula is C18H22FNO4S2. The van der Waals surface area contributed by atoms with Crippen LogP contribution in [0.15, 0.2) is 18.2 Å². The maximum Gasteiger partial charge on any atom is 0.346 e. The van der Waals surface area contributed by atoms with Crippen LogP contribution >= 0.6 is 11.3 Å². The van der Waals surface area contributed by atoms with Crippen LogP contribution in [0.25, 0.3) is 10.1 Å². The molecule has 2 unspecified atom stereocenters. The minimum atomic E-state index is -3.21. The molecule has 1 fully saturated rings. The lowest BCUT2D eigenvalue weighted by molar-refractivity contribution is 0.0699. The van der Waals surface area contributed by atoms with Gasteiger partial charge in [-0.2, -0.15) is 0 Å². The highest BCUT2D eigenvalue weighted by molar-refractivity contribution is 7.91. The van der Waals surface area contributed by atoms with Crippen LogP contribution in [-0.4, -0.2) is 49.0 Å². The smallest absolute Gasteiger partial charge is 0.346 e. The quantitative estimate of drug-likeness (QED) is 0.833. The second-order valence-corrected chi connectivity index (χ2v) is 10.3. The Morgan fingerprint density at radius 1 is 1.35 bits per heavy atom. The molecule has 0 amide bonds. The second kappa shape index (κ2) is 7.25. The molecule has 2 aromatic rings. The number of hydrogen-bond acceptors (Lipinski definition) is 5. The molecule has 5 nitrogen and oxygen atoms in total. The molecule has 0 saturated heterocycles. The number of nitrogens with zero attached hydrogens (tertiary/aromatic N) is 1. The molecule has 1 aliphatic carbocycles. The van der Waals surface area contributed by atoms with E-state index < -0.39 is 26.9 Å². The van der Waals surface area contributed by atoms with Crippen molar-refractivity contribution in [2.45, 2.75) is 43.5 Å². The standard InChI is InChI=1S/C18H22FNO4S2/c1-20(13-7-3-4-9-15(13)26(2,23)24)10-11-16-12(19)6-5-8-14(16)25-17(11)18(21)22/h5-6,8,13,15H,3-4,7,9-10H2,1-2H3,(H,21,22). The van der Waals surface area contributed by atoms with Crippen LogP contribution in [0, 0.1) is 5.82 Å². The summed E-state index contributed by atoms with van der Waals surface area (Å²) in [6.45, 7) is 0.208. The molecule has 0 bridgehead atoms. The number of thiophene rings is 1. The van der Waals surface area contributed by atoms with Gasteiger partial charge in [-0.1, -0.05) is 18.9 Å². The van der Waals surface area contributed by atoms with Crippen molar-refractivity contribution in [3.63, 3.8) is 0 Å². The van der Waals surface area contributed by atoms with Crippen LogP contribution in [0.5, 0.6) is 0 Å². The van der Waals surface area contributed by atoms with Crippen LogP contribution in [0.1, 0.15) is 40.9 Å². The van der Waals surface area contributed by atoms with Gasteiger partial charge < -0.3 is 5.11 Å². The fraction of sp³-hybridized carbons (Fsp3) is 0.500. The molecule has 26 heavy (non-hydrogen) atoms. The predicted octanol–water partition coefficient (Wildman–Crippen LogP) is 3.53. The Bertz CT molecular complexity index is 938. The Kier molecular flexibility index (Phi) is 5.37. The first-order chi connectivity index (χ1) is 12.2. The largest absolute Gasteiger partial charge is 0.477 e. The van der Waals surface area contributed by atoms with Crippen LogP contribution in [0.2, 0.25) is 0 Å². The van der Waals surface area contributed by atoms with Crippen LogP contribution in [-0.2, 0) is 16.4 Å². The van der Waals surface area contributed by atoms with Crippen molar-refractivity contribution in [2.24, 2.45) is 0 Å². The highest BCUT2D eigenvalue weighted by Crippen LogP contribution is 2.36. The summed E-state index contributed by atoms with van der Waals surface area (Å²) in [5.74, 6) is -1.53. The Labute approximate surface area is 156 Å². The van der Waals surface area contributed by atoms with E-state index in [-0.39, 0.29) is 17.5 Å². The van der Waals surface area contributed by atoms with Gasteiger partial charge in [0, 0.05) is 34.5 Å². The summed E-state index contributed by atoms with van der Waals surface area (Å²) in [7, 11) is -1.41. The maximum atomic E-state index is 14.4. The molecule has 1 aromatic heterocycles. The molecule has 1 heterocycles. The molecule has 0 aliphatic heterocycles. The minimum Gasteiger partial charge on any atom is -0.477 e. The number of halogens is 1. The number of carboxylic acids is 1. The van der Waals surface area contributed by atoms with Crippen LogP contribution in [0.3, 0.4) is 0 Å². The molecule has 1 aromatic carbocycles. The first kappa shape index (κ1) is 19.3. The number of aromatic carboxylic acids is 1. The van der Waals surface area contributed by atoms with Gasteiger partial charge in [0.2, 0.25) is 0 Å². The van der Waals surface area contributed by atoms with Gasteiger partial charge in [0.25, 0.3) is 0 Å². The predicted molar refractivity (Wildman–Crippen MR) is 101 cm³/mol. The number of fused-ring (bicyclic) bond motifs is 1. The van der Waals surface area contributed by atoms with Crippen molar-refractivity contribution in [3.8, 4) is 0 Å². The molecule has 2 atom stereocenters. The van der Waals surface area contributed by atoms with E-state index in [0.29, 0.717) is 22.1 Å². The lowest BCUT2D eigenvalue weighted by Crippen LogP contribution is -2.46. The van der Waals surface area contributed by atoms with Gasteiger partial charge in [-0.25, -0.2) is 17.6 Å². The van der Waals surface area contributed by atoms with Gasteiger partial charge >= 0.3 is 5.97 Å².